The Kier molecular flexibility index (Phi) is 4.76. The summed E-state index contributed by atoms with van der Waals surface area (Å²) in [6.45, 7) is 3.42. The molecule has 0 radical (unpaired) electrons. The summed E-state index contributed by atoms with van der Waals surface area (Å²) in [5.74, 6) is 0. The van der Waals surface area contributed by atoms with E-state index >= 15 is 0 Å². The van der Waals surface area contributed by atoms with Gasteiger partial charge in [-0.2, -0.15) is 5.10 Å². The van der Waals surface area contributed by atoms with Crippen molar-refractivity contribution in [3.8, 4) is 0 Å². The second-order valence-electron chi connectivity index (χ2n) is 4.73. The number of aromatic amines is 1. The van der Waals surface area contributed by atoms with Gasteiger partial charge in [0.2, 0.25) is 10.0 Å². The monoisotopic (exact) mass is 309 g/mol. The molecule has 2 aromatic rings. The summed E-state index contributed by atoms with van der Waals surface area (Å²) in [5, 5.41) is 15.6. The Labute approximate surface area is 124 Å². The van der Waals surface area contributed by atoms with Crippen molar-refractivity contribution in [1.82, 2.24) is 14.9 Å². The number of H-pyrrole nitrogens is 1. The fraction of sp³-hybridized carbons (Fsp3) is 0.357. The predicted molar refractivity (Wildman–Crippen MR) is 79.1 cm³/mol. The molecule has 114 valence electrons. The van der Waals surface area contributed by atoms with Gasteiger partial charge in [-0.1, -0.05) is 31.2 Å². The third-order valence-corrected chi connectivity index (χ3v) is 4.94. The van der Waals surface area contributed by atoms with Crippen molar-refractivity contribution in [2.24, 2.45) is 0 Å². The van der Waals surface area contributed by atoms with E-state index in [-0.39, 0.29) is 17.1 Å². The number of aliphatic hydroxyl groups is 1. The van der Waals surface area contributed by atoms with Crippen molar-refractivity contribution < 1.29 is 13.5 Å². The predicted octanol–water partition coefficient (Wildman–Crippen LogP) is 1.25. The first-order valence-corrected chi connectivity index (χ1v) is 8.19. The highest BCUT2D eigenvalue weighted by molar-refractivity contribution is 7.89. The van der Waals surface area contributed by atoms with Crippen LogP contribution in [0.3, 0.4) is 0 Å². The highest BCUT2D eigenvalue weighted by Crippen LogP contribution is 2.18. The molecular formula is C14H19N3O3S. The third-order valence-electron chi connectivity index (χ3n) is 3.33. The highest BCUT2D eigenvalue weighted by atomic mass is 32.2. The lowest BCUT2D eigenvalue weighted by Gasteiger charge is -2.10. The zero-order valence-corrected chi connectivity index (χ0v) is 12.9. The quantitative estimate of drug-likeness (QED) is 0.748. The first kappa shape index (κ1) is 15.7. The smallest absolute Gasteiger partial charge is 0.244 e. The molecule has 3 N–H and O–H groups in total. The van der Waals surface area contributed by atoms with Crippen LogP contribution in [0.25, 0.3) is 0 Å². The highest BCUT2D eigenvalue weighted by Gasteiger charge is 2.23. The first-order valence-electron chi connectivity index (χ1n) is 6.70. The number of aliphatic hydroxyl groups excluding tert-OH is 1. The molecule has 0 saturated heterocycles. The number of aryl methyl sites for hydroxylation is 2. The maximum Gasteiger partial charge on any atom is 0.244 e. The van der Waals surface area contributed by atoms with E-state index in [1.54, 1.807) is 6.92 Å². The molecule has 0 aliphatic rings. The maximum absolute atomic E-state index is 12.4. The average molecular weight is 309 g/mol. The summed E-state index contributed by atoms with van der Waals surface area (Å²) in [4.78, 5) is 0.0268. The minimum Gasteiger partial charge on any atom is -0.390 e. The van der Waals surface area contributed by atoms with E-state index in [4.69, 9.17) is 0 Å². The number of sulfonamides is 1. The van der Waals surface area contributed by atoms with Crippen LogP contribution in [-0.2, 0) is 29.6 Å². The Balaban J connectivity index is 2.24. The van der Waals surface area contributed by atoms with E-state index in [1.165, 1.54) is 0 Å². The van der Waals surface area contributed by atoms with Crippen molar-refractivity contribution >= 4 is 10.0 Å². The van der Waals surface area contributed by atoms with Crippen LogP contribution in [0.5, 0.6) is 0 Å². The van der Waals surface area contributed by atoms with E-state index in [2.05, 4.69) is 14.9 Å². The molecule has 7 heteroatoms. The van der Waals surface area contributed by atoms with Crippen molar-refractivity contribution in [2.75, 3.05) is 0 Å². The van der Waals surface area contributed by atoms with Gasteiger partial charge in [-0.05, 0) is 24.5 Å². The third kappa shape index (κ3) is 3.31. The molecule has 0 amide bonds. The van der Waals surface area contributed by atoms with Gasteiger partial charge in [0, 0.05) is 6.54 Å². The molecule has 2 rings (SSSR count). The Hall–Kier alpha value is -1.70. The fourth-order valence-corrected chi connectivity index (χ4v) is 3.61. The zero-order chi connectivity index (χ0) is 15.5. The first-order chi connectivity index (χ1) is 9.99. The largest absolute Gasteiger partial charge is 0.390 e. The number of nitrogens with one attached hydrogen (secondary N) is 2. The van der Waals surface area contributed by atoms with Gasteiger partial charge in [0.05, 0.1) is 12.3 Å². The van der Waals surface area contributed by atoms with Gasteiger partial charge in [0.1, 0.15) is 10.6 Å². The molecule has 0 bridgehead atoms. The number of nitrogens with zero attached hydrogens (tertiary/aromatic N) is 1. The van der Waals surface area contributed by atoms with Crippen LogP contribution in [0.15, 0.2) is 29.2 Å². The van der Waals surface area contributed by atoms with Gasteiger partial charge in [-0.25, -0.2) is 13.1 Å². The number of aromatic nitrogens is 2. The molecule has 1 heterocycles. The number of rotatable bonds is 6. The van der Waals surface area contributed by atoms with Gasteiger partial charge in [-0.3, -0.25) is 5.10 Å². The van der Waals surface area contributed by atoms with Crippen molar-refractivity contribution in [3.05, 3.63) is 46.8 Å². The van der Waals surface area contributed by atoms with Crippen LogP contribution in [-0.4, -0.2) is 23.7 Å². The molecule has 0 saturated carbocycles. The topological polar surface area (TPSA) is 95.1 Å². The zero-order valence-electron chi connectivity index (χ0n) is 12.0. The standard InChI is InChI=1S/C14H19N3O3S/c1-3-11-6-4-5-7-12(11)8-15-21(19,20)14-10(2)16-17-13(14)9-18/h4-7,15,18H,3,8-9H2,1-2H3,(H,16,17). The minimum absolute atomic E-state index is 0.0268. The van der Waals surface area contributed by atoms with Crippen LogP contribution < -0.4 is 4.72 Å². The normalized spacial score (nSPS) is 11.8. The molecule has 0 atom stereocenters. The van der Waals surface area contributed by atoms with Gasteiger partial charge < -0.3 is 5.11 Å². The second-order valence-corrected chi connectivity index (χ2v) is 6.43. The van der Waals surface area contributed by atoms with Crippen molar-refractivity contribution in [2.45, 2.75) is 38.3 Å². The van der Waals surface area contributed by atoms with E-state index in [9.17, 15) is 13.5 Å². The Morgan fingerprint density at radius 3 is 2.57 bits per heavy atom. The summed E-state index contributed by atoms with van der Waals surface area (Å²) in [6.07, 6.45) is 0.838. The molecule has 6 nitrogen and oxygen atoms in total. The molecular weight excluding hydrogens is 290 g/mol. The summed E-state index contributed by atoms with van der Waals surface area (Å²) in [6, 6.07) is 7.69. The second kappa shape index (κ2) is 6.38. The maximum atomic E-state index is 12.4. The lowest BCUT2D eigenvalue weighted by molar-refractivity contribution is 0.273. The summed E-state index contributed by atoms with van der Waals surface area (Å²) < 4.78 is 27.3. The Morgan fingerprint density at radius 2 is 1.95 bits per heavy atom. The summed E-state index contributed by atoms with van der Waals surface area (Å²) >= 11 is 0. The van der Waals surface area contributed by atoms with Crippen molar-refractivity contribution in [3.63, 3.8) is 0 Å². The molecule has 0 spiro atoms. The molecule has 0 fully saturated rings. The molecule has 0 aliphatic carbocycles. The van der Waals surface area contributed by atoms with E-state index < -0.39 is 16.6 Å². The van der Waals surface area contributed by atoms with Gasteiger partial charge in [0.15, 0.2) is 0 Å². The van der Waals surface area contributed by atoms with Crippen LogP contribution >= 0.6 is 0 Å². The number of hydrogen-bond acceptors (Lipinski definition) is 4. The van der Waals surface area contributed by atoms with Gasteiger partial charge >= 0.3 is 0 Å². The van der Waals surface area contributed by atoms with Crippen LogP contribution in [0.2, 0.25) is 0 Å². The van der Waals surface area contributed by atoms with E-state index in [1.807, 2.05) is 31.2 Å². The number of benzene rings is 1. The minimum atomic E-state index is -3.72. The van der Waals surface area contributed by atoms with Gasteiger partial charge in [0.25, 0.3) is 0 Å². The Bertz CT molecular complexity index is 723. The SMILES string of the molecule is CCc1ccccc1CNS(=O)(=O)c1c(CO)n[nH]c1C. The Morgan fingerprint density at radius 1 is 1.29 bits per heavy atom. The lowest BCUT2D eigenvalue weighted by Crippen LogP contribution is -2.25. The fourth-order valence-electron chi connectivity index (χ4n) is 2.25. The average Bonchev–Trinajstić information content (AvgIpc) is 2.87. The van der Waals surface area contributed by atoms with E-state index in [0.29, 0.717) is 5.69 Å². The lowest BCUT2D eigenvalue weighted by atomic mass is 10.1. The van der Waals surface area contributed by atoms with Crippen molar-refractivity contribution in [1.29, 1.82) is 0 Å². The molecule has 21 heavy (non-hydrogen) atoms. The molecule has 1 aromatic carbocycles. The van der Waals surface area contributed by atoms with Crippen LogP contribution in [0, 0.1) is 6.92 Å². The molecule has 0 aliphatic heterocycles. The molecule has 1 aromatic heterocycles. The summed E-state index contributed by atoms with van der Waals surface area (Å²) in [5.41, 5.74) is 2.58. The number of hydrogen-bond donors (Lipinski definition) is 3. The van der Waals surface area contributed by atoms with Crippen LogP contribution in [0.4, 0.5) is 0 Å². The molecule has 0 unspecified atom stereocenters. The van der Waals surface area contributed by atoms with Gasteiger partial charge in [-0.15, -0.1) is 0 Å². The van der Waals surface area contributed by atoms with Crippen LogP contribution in [0.1, 0.15) is 29.4 Å². The van der Waals surface area contributed by atoms with E-state index in [0.717, 1.165) is 17.5 Å². The summed E-state index contributed by atoms with van der Waals surface area (Å²) in [7, 11) is -3.72.